The largest absolute Gasteiger partial charge is 0.465 e. The molecular weight excluding hydrogens is 372 g/mol. The monoisotopic (exact) mass is 394 g/mol. The molecule has 1 amide bonds. The number of methoxy groups -OCH3 is 1. The van der Waals surface area contributed by atoms with Crippen molar-refractivity contribution >= 4 is 40.0 Å². The molecule has 0 bridgehead atoms. The zero-order valence-corrected chi connectivity index (χ0v) is 16.8. The Kier molecular flexibility index (Phi) is 5.98. The second-order valence-electron chi connectivity index (χ2n) is 6.02. The maximum Gasteiger partial charge on any atom is 0.341 e. The number of nitrogens with one attached hydrogen (secondary N) is 1. The number of fused-ring (bicyclic) bond motifs is 1. The van der Waals surface area contributed by atoms with Gasteiger partial charge in [0.15, 0.2) is 5.16 Å². The van der Waals surface area contributed by atoms with Gasteiger partial charge in [-0.1, -0.05) is 11.8 Å². The van der Waals surface area contributed by atoms with Crippen LogP contribution in [0.15, 0.2) is 5.16 Å². The second-order valence-corrected chi connectivity index (χ2v) is 8.07. The van der Waals surface area contributed by atoms with E-state index in [1.165, 1.54) is 35.1 Å². The maximum absolute atomic E-state index is 12.4. The molecule has 0 atom stereocenters. The summed E-state index contributed by atoms with van der Waals surface area (Å²) >= 11 is 2.83. The minimum atomic E-state index is -0.381. The molecule has 0 unspecified atom stereocenters. The van der Waals surface area contributed by atoms with Crippen LogP contribution in [0.25, 0.3) is 0 Å². The smallest absolute Gasteiger partial charge is 0.341 e. The lowest BCUT2D eigenvalue weighted by atomic mass is 9.95. The van der Waals surface area contributed by atoms with Crippen molar-refractivity contribution in [3.05, 3.63) is 21.8 Å². The van der Waals surface area contributed by atoms with Gasteiger partial charge in [0, 0.05) is 11.4 Å². The van der Waals surface area contributed by atoms with Gasteiger partial charge in [0.25, 0.3) is 0 Å². The van der Waals surface area contributed by atoms with E-state index in [4.69, 9.17) is 4.74 Å². The normalized spacial score (nSPS) is 13.3. The number of carbonyl (C=O) groups excluding carboxylic acids is 2. The van der Waals surface area contributed by atoms with Crippen LogP contribution in [0.5, 0.6) is 0 Å². The zero-order chi connectivity index (χ0) is 18.7. The Hall–Kier alpha value is -1.87. The molecule has 0 spiro atoms. The Morgan fingerprint density at radius 1 is 1.31 bits per heavy atom. The summed E-state index contributed by atoms with van der Waals surface area (Å²) < 4.78 is 6.89. The molecule has 2 aromatic heterocycles. The third-order valence-corrected chi connectivity index (χ3v) is 6.54. The molecular formula is C17H22N4O3S2. The molecule has 0 saturated carbocycles. The third kappa shape index (κ3) is 3.78. The van der Waals surface area contributed by atoms with E-state index in [1.807, 2.05) is 18.4 Å². The Labute approximate surface area is 160 Å². The Morgan fingerprint density at radius 2 is 2.08 bits per heavy atom. The number of thioether (sulfide) groups is 1. The molecule has 2 heterocycles. The molecule has 3 rings (SSSR count). The molecule has 9 heteroatoms. The molecule has 0 fully saturated rings. The number of ether oxygens (including phenoxy) is 1. The number of carbonyl (C=O) groups is 2. The van der Waals surface area contributed by atoms with Crippen LogP contribution >= 0.6 is 23.1 Å². The van der Waals surface area contributed by atoms with Crippen LogP contribution in [0.3, 0.4) is 0 Å². The number of hydrogen-bond acceptors (Lipinski definition) is 7. The highest BCUT2D eigenvalue weighted by Gasteiger charge is 2.27. The van der Waals surface area contributed by atoms with Crippen molar-refractivity contribution in [3.8, 4) is 0 Å². The highest BCUT2D eigenvalue weighted by atomic mass is 32.2. The molecule has 140 valence electrons. The fraction of sp³-hybridized carbons (Fsp3) is 0.529. The first-order valence-corrected chi connectivity index (χ1v) is 10.4. The van der Waals surface area contributed by atoms with Gasteiger partial charge < -0.3 is 14.6 Å². The fourth-order valence-electron chi connectivity index (χ4n) is 3.10. The Morgan fingerprint density at radius 3 is 2.81 bits per heavy atom. The highest BCUT2D eigenvalue weighted by Crippen LogP contribution is 2.38. The van der Waals surface area contributed by atoms with Crippen molar-refractivity contribution in [3.63, 3.8) is 0 Å². The maximum atomic E-state index is 12.4. The minimum absolute atomic E-state index is 0.165. The summed E-state index contributed by atoms with van der Waals surface area (Å²) in [5.74, 6) is 0.492. The minimum Gasteiger partial charge on any atom is -0.465 e. The van der Waals surface area contributed by atoms with Gasteiger partial charge in [0.2, 0.25) is 5.91 Å². The van der Waals surface area contributed by atoms with Crippen LogP contribution in [0, 0.1) is 6.92 Å². The molecule has 1 aliphatic carbocycles. The van der Waals surface area contributed by atoms with Crippen LogP contribution in [0.4, 0.5) is 5.00 Å². The molecule has 1 N–H and O–H groups in total. The number of esters is 1. The summed E-state index contributed by atoms with van der Waals surface area (Å²) in [5, 5.41) is 12.4. The van der Waals surface area contributed by atoms with Gasteiger partial charge in [0.05, 0.1) is 18.4 Å². The Balaban J connectivity index is 1.73. The molecule has 2 aromatic rings. The van der Waals surface area contributed by atoms with Crippen molar-refractivity contribution in [2.45, 2.75) is 51.2 Å². The van der Waals surface area contributed by atoms with Crippen LogP contribution < -0.4 is 5.32 Å². The topological polar surface area (TPSA) is 86.1 Å². The van der Waals surface area contributed by atoms with Crippen molar-refractivity contribution < 1.29 is 14.3 Å². The van der Waals surface area contributed by atoms with E-state index < -0.39 is 0 Å². The lowest BCUT2D eigenvalue weighted by Crippen LogP contribution is -2.17. The first-order chi connectivity index (χ1) is 12.5. The molecule has 7 nitrogen and oxygen atoms in total. The van der Waals surface area contributed by atoms with Crippen molar-refractivity contribution in [2.75, 3.05) is 18.2 Å². The lowest BCUT2D eigenvalue weighted by molar-refractivity contribution is -0.113. The number of aryl methyl sites for hydroxylation is 2. The second kappa shape index (κ2) is 8.22. The van der Waals surface area contributed by atoms with E-state index in [1.54, 1.807) is 0 Å². The fourth-order valence-corrected chi connectivity index (χ4v) is 5.24. The van der Waals surface area contributed by atoms with Gasteiger partial charge in [-0.2, -0.15) is 0 Å². The molecule has 26 heavy (non-hydrogen) atoms. The molecule has 0 radical (unpaired) electrons. The first kappa shape index (κ1) is 18.9. The summed E-state index contributed by atoms with van der Waals surface area (Å²) in [6.07, 6.45) is 3.99. The average Bonchev–Trinajstić information content (AvgIpc) is 3.18. The molecule has 0 aliphatic heterocycles. The predicted molar refractivity (Wildman–Crippen MR) is 102 cm³/mol. The first-order valence-electron chi connectivity index (χ1n) is 8.60. The summed E-state index contributed by atoms with van der Waals surface area (Å²) in [5.41, 5.74) is 1.57. The highest BCUT2D eigenvalue weighted by molar-refractivity contribution is 7.99. The lowest BCUT2D eigenvalue weighted by Gasteiger charge is -2.11. The van der Waals surface area contributed by atoms with Gasteiger partial charge >= 0.3 is 5.97 Å². The van der Waals surface area contributed by atoms with Gasteiger partial charge in [0.1, 0.15) is 10.8 Å². The van der Waals surface area contributed by atoms with E-state index in [0.29, 0.717) is 10.6 Å². The van der Waals surface area contributed by atoms with Crippen molar-refractivity contribution in [1.29, 1.82) is 0 Å². The van der Waals surface area contributed by atoms with Crippen molar-refractivity contribution in [1.82, 2.24) is 14.8 Å². The van der Waals surface area contributed by atoms with Gasteiger partial charge in [-0.15, -0.1) is 21.5 Å². The number of aromatic nitrogens is 3. The van der Waals surface area contributed by atoms with E-state index in [0.717, 1.165) is 48.8 Å². The SMILES string of the molecule is CCn1c(C)nnc1SCC(=O)Nc1sc2c(c1C(=O)OC)CCCC2. The summed E-state index contributed by atoms with van der Waals surface area (Å²) in [7, 11) is 1.37. The number of thiophene rings is 1. The molecule has 0 aromatic carbocycles. The van der Waals surface area contributed by atoms with E-state index in [9.17, 15) is 9.59 Å². The standard InChI is InChI=1S/C17H22N4O3S2/c1-4-21-10(2)19-20-17(21)25-9-13(22)18-15-14(16(23)24-3)11-7-5-6-8-12(11)26-15/h4-9H2,1-3H3,(H,18,22). The molecule has 0 saturated heterocycles. The van der Waals surface area contributed by atoms with E-state index in [2.05, 4.69) is 15.5 Å². The van der Waals surface area contributed by atoms with E-state index in [-0.39, 0.29) is 17.6 Å². The van der Waals surface area contributed by atoms with Crippen LogP contribution in [0.1, 0.15) is 46.4 Å². The number of rotatable bonds is 6. The number of nitrogens with zero attached hydrogens (tertiary/aromatic N) is 3. The summed E-state index contributed by atoms with van der Waals surface area (Å²) in [6, 6.07) is 0. The average molecular weight is 395 g/mol. The number of amides is 1. The zero-order valence-electron chi connectivity index (χ0n) is 15.1. The van der Waals surface area contributed by atoms with Gasteiger partial charge in [-0.05, 0) is 45.1 Å². The van der Waals surface area contributed by atoms with Gasteiger partial charge in [-0.3, -0.25) is 4.79 Å². The summed E-state index contributed by atoms with van der Waals surface area (Å²) in [6.45, 7) is 4.66. The van der Waals surface area contributed by atoms with E-state index >= 15 is 0 Å². The van der Waals surface area contributed by atoms with Crippen LogP contribution in [0.2, 0.25) is 0 Å². The Bertz CT molecular complexity index is 828. The van der Waals surface area contributed by atoms with Crippen molar-refractivity contribution in [2.24, 2.45) is 0 Å². The quantitative estimate of drug-likeness (QED) is 0.599. The predicted octanol–water partition coefficient (Wildman–Crippen LogP) is 3.06. The van der Waals surface area contributed by atoms with Crippen LogP contribution in [-0.2, 0) is 28.9 Å². The van der Waals surface area contributed by atoms with Gasteiger partial charge in [-0.25, -0.2) is 4.79 Å². The third-order valence-electron chi connectivity index (χ3n) is 4.36. The van der Waals surface area contributed by atoms with Crippen LogP contribution in [-0.4, -0.2) is 39.5 Å². The number of hydrogen-bond donors (Lipinski definition) is 1. The number of anilines is 1. The summed E-state index contributed by atoms with van der Waals surface area (Å²) in [4.78, 5) is 25.8. The molecule has 1 aliphatic rings.